The highest BCUT2D eigenvalue weighted by Gasteiger charge is 2.26. The van der Waals surface area contributed by atoms with E-state index in [-0.39, 0.29) is 5.91 Å². The summed E-state index contributed by atoms with van der Waals surface area (Å²) >= 11 is 6.03. The van der Waals surface area contributed by atoms with E-state index in [1.807, 2.05) is 30.0 Å². The number of carbonyl (C=O) groups is 1. The van der Waals surface area contributed by atoms with Crippen LogP contribution >= 0.6 is 11.6 Å². The van der Waals surface area contributed by atoms with Crippen LogP contribution in [-0.2, 0) is 0 Å². The molecule has 3 rings (SSSR count). The molecule has 1 aliphatic heterocycles. The van der Waals surface area contributed by atoms with Crippen LogP contribution in [0.3, 0.4) is 0 Å². The third-order valence-corrected chi connectivity index (χ3v) is 4.94. The molecule has 1 fully saturated rings. The average Bonchev–Trinajstić information content (AvgIpc) is 2.64. The van der Waals surface area contributed by atoms with E-state index in [1.54, 1.807) is 12.4 Å². The first-order valence-electron chi connectivity index (χ1n) is 8.74. The quantitative estimate of drug-likeness (QED) is 0.868. The predicted octanol–water partition coefficient (Wildman–Crippen LogP) is 4.59. The number of likely N-dealkylation sites (tertiary alicyclic amines) is 1. The maximum Gasteiger partial charge on any atom is 0.257 e. The number of amides is 1. The van der Waals surface area contributed by atoms with Gasteiger partial charge in [-0.05, 0) is 50.3 Å². The van der Waals surface area contributed by atoms with Gasteiger partial charge in [0.05, 0.1) is 5.56 Å². The van der Waals surface area contributed by atoms with Crippen molar-refractivity contribution in [2.24, 2.45) is 0 Å². The van der Waals surface area contributed by atoms with Gasteiger partial charge >= 0.3 is 0 Å². The molecule has 0 bridgehead atoms. The number of piperidine rings is 1. The van der Waals surface area contributed by atoms with Crippen molar-refractivity contribution in [2.45, 2.75) is 45.6 Å². The Morgan fingerprint density at radius 2 is 2.08 bits per heavy atom. The molecular formula is C19H23ClN4O. The van der Waals surface area contributed by atoms with Crippen LogP contribution in [0.2, 0.25) is 5.02 Å². The Bertz CT molecular complexity index is 748. The van der Waals surface area contributed by atoms with Gasteiger partial charge < -0.3 is 10.2 Å². The lowest BCUT2D eigenvalue weighted by molar-refractivity contribution is 0.0607. The van der Waals surface area contributed by atoms with Gasteiger partial charge in [0.15, 0.2) is 0 Å². The number of carbonyl (C=O) groups excluding carboxylic acids is 1. The number of nitrogens with one attached hydrogen (secondary N) is 1. The van der Waals surface area contributed by atoms with E-state index in [1.165, 1.54) is 6.42 Å². The molecule has 2 heterocycles. The molecular weight excluding hydrogens is 336 g/mol. The van der Waals surface area contributed by atoms with E-state index in [2.05, 4.69) is 22.2 Å². The highest BCUT2D eigenvalue weighted by atomic mass is 35.5. The van der Waals surface area contributed by atoms with Crippen LogP contribution in [0.15, 0.2) is 30.6 Å². The Labute approximate surface area is 153 Å². The highest BCUT2D eigenvalue weighted by Crippen LogP contribution is 2.24. The fourth-order valence-electron chi connectivity index (χ4n) is 3.21. The van der Waals surface area contributed by atoms with Gasteiger partial charge in [-0.3, -0.25) is 4.79 Å². The van der Waals surface area contributed by atoms with E-state index < -0.39 is 0 Å². The molecule has 1 aliphatic rings. The van der Waals surface area contributed by atoms with Crippen LogP contribution in [0, 0.1) is 6.92 Å². The summed E-state index contributed by atoms with van der Waals surface area (Å²) in [5.74, 6) is 0.477. The molecule has 0 spiro atoms. The van der Waals surface area contributed by atoms with Crippen LogP contribution < -0.4 is 5.32 Å². The maximum absolute atomic E-state index is 12.7. The first-order valence-corrected chi connectivity index (χ1v) is 9.12. The Kier molecular flexibility index (Phi) is 5.53. The van der Waals surface area contributed by atoms with E-state index in [9.17, 15) is 4.79 Å². The molecule has 1 aromatic heterocycles. The van der Waals surface area contributed by atoms with Crippen molar-refractivity contribution in [3.63, 3.8) is 0 Å². The summed E-state index contributed by atoms with van der Waals surface area (Å²) in [6, 6.07) is 5.93. The monoisotopic (exact) mass is 358 g/mol. The number of nitrogens with zero attached hydrogens (tertiary/aromatic N) is 3. The molecule has 1 aromatic carbocycles. The lowest BCUT2D eigenvalue weighted by atomic mass is 9.99. The summed E-state index contributed by atoms with van der Waals surface area (Å²) < 4.78 is 0. The van der Waals surface area contributed by atoms with Gasteiger partial charge in [-0.15, -0.1) is 0 Å². The van der Waals surface area contributed by atoms with Crippen molar-refractivity contribution in [2.75, 3.05) is 11.9 Å². The Morgan fingerprint density at radius 1 is 1.32 bits per heavy atom. The molecule has 5 nitrogen and oxygen atoms in total. The number of halogens is 1. The second kappa shape index (κ2) is 7.83. The van der Waals surface area contributed by atoms with Gasteiger partial charge in [-0.2, -0.15) is 0 Å². The number of aryl methyl sites for hydroxylation is 1. The van der Waals surface area contributed by atoms with Gasteiger partial charge in [0.1, 0.15) is 0 Å². The molecule has 1 atom stereocenters. The summed E-state index contributed by atoms with van der Waals surface area (Å²) in [5, 5.41) is 3.80. The zero-order valence-electron chi connectivity index (χ0n) is 14.6. The Morgan fingerprint density at radius 3 is 2.80 bits per heavy atom. The molecule has 0 radical (unpaired) electrons. The Hall–Kier alpha value is -2.14. The molecule has 1 unspecified atom stereocenters. The third kappa shape index (κ3) is 4.10. The summed E-state index contributed by atoms with van der Waals surface area (Å²) in [5.41, 5.74) is 2.44. The standard InChI is InChI=1S/C19H23ClN4O/c1-3-16-6-4-5-9-24(16)18(25)14-11-21-19(22-12-14)23-17-10-15(20)8-7-13(17)2/h7-8,10-12,16H,3-6,9H2,1-2H3,(H,21,22,23). The molecule has 1 saturated heterocycles. The molecule has 1 amide bonds. The lowest BCUT2D eigenvalue weighted by Crippen LogP contribution is -2.43. The van der Waals surface area contributed by atoms with Crippen LogP contribution in [0.4, 0.5) is 11.6 Å². The summed E-state index contributed by atoms with van der Waals surface area (Å²) in [6.45, 7) is 4.93. The summed E-state index contributed by atoms with van der Waals surface area (Å²) in [4.78, 5) is 23.3. The van der Waals surface area contributed by atoms with Crippen molar-refractivity contribution in [1.82, 2.24) is 14.9 Å². The second-order valence-electron chi connectivity index (χ2n) is 6.44. The maximum atomic E-state index is 12.7. The molecule has 2 aromatic rings. The minimum atomic E-state index is 0.0250. The first kappa shape index (κ1) is 17.7. The zero-order chi connectivity index (χ0) is 17.8. The fourth-order valence-corrected chi connectivity index (χ4v) is 3.38. The molecule has 0 saturated carbocycles. The zero-order valence-corrected chi connectivity index (χ0v) is 15.4. The predicted molar refractivity (Wildman–Crippen MR) is 100 cm³/mol. The normalized spacial score (nSPS) is 17.4. The number of benzene rings is 1. The minimum Gasteiger partial charge on any atom is -0.336 e. The number of aromatic nitrogens is 2. The van der Waals surface area contributed by atoms with Crippen molar-refractivity contribution in [3.05, 3.63) is 46.7 Å². The molecule has 132 valence electrons. The van der Waals surface area contributed by atoms with Gasteiger partial charge in [0, 0.05) is 35.7 Å². The van der Waals surface area contributed by atoms with Gasteiger partial charge in [-0.25, -0.2) is 9.97 Å². The number of hydrogen-bond acceptors (Lipinski definition) is 4. The summed E-state index contributed by atoms with van der Waals surface area (Å²) in [7, 11) is 0. The summed E-state index contributed by atoms with van der Waals surface area (Å²) in [6.07, 6.45) is 7.52. The molecule has 1 N–H and O–H groups in total. The van der Waals surface area contributed by atoms with E-state index >= 15 is 0 Å². The average molecular weight is 359 g/mol. The number of anilines is 2. The Balaban J connectivity index is 1.73. The smallest absolute Gasteiger partial charge is 0.257 e. The van der Waals surface area contributed by atoms with E-state index in [4.69, 9.17) is 11.6 Å². The van der Waals surface area contributed by atoms with Crippen molar-refractivity contribution < 1.29 is 4.79 Å². The minimum absolute atomic E-state index is 0.0250. The van der Waals surface area contributed by atoms with E-state index in [0.717, 1.165) is 37.1 Å². The highest BCUT2D eigenvalue weighted by molar-refractivity contribution is 6.30. The lowest BCUT2D eigenvalue weighted by Gasteiger charge is -2.35. The SMILES string of the molecule is CCC1CCCCN1C(=O)c1cnc(Nc2cc(Cl)ccc2C)nc1. The van der Waals surface area contributed by atoms with Crippen LogP contribution in [0.1, 0.15) is 48.5 Å². The van der Waals surface area contributed by atoms with Crippen LogP contribution in [0.25, 0.3) is 0 Å². The van der Waals surface area contributed by atoms with Crippen LogP contribution in [-0.4, -0.2) is 33.4 Å². The number of rotatable bonds is 4. The van der Waals surface area contributed by atoms with Gasteiger partial charge in [0.25, 0.3) is 5.91 Å². The second-order valence-corrected chi connectivity index (χ2v) is 6.87. The van der Waals surface area contributed by atoms with E-state index in [0.29, 0.717) is 22.6 Å². The third-order valence-electron chi connectivity index (χ3n) is 4.70. The molecule has 25 heavy (non-hydrogen) atoms. The van der Waals surface area contributed by atoms with Crippen LogP contribution in [0.5, 0.6) is 0 Å². The first-order chi connectivity index (χ1) is 12.1. The number of hydrogen-bond donors (Lipinski definition) is 1. The largest absolute Gasteiger partial charge is 0.336 e. The van der Waals surface area contributed by atoms with Crippen molar-refractivity contribution in [1.29, 1.82) is 0 Å². The topological polar surface area (TPSA) is 58.1 Å². The fraction of sp³-hybridized carbons (Fsp3) is 0.421. The molecule has 6 heteroatoms. The molecule has 0 aliphatic carbocycles. The van der Waals surface area contributed by atoms with Gasteiger partial charge in [-0.1, -0.05) is 24.6 Å². The van der Waals surface area contributed by atoms with Gasteiger partial charge in [0.2, 0.25) is 5.95 Å². The van der Waals surface area contributed by atoms with Crippen molar-refractivity contribution in [3.8, 4) is 0 Å². The van der Waals surface area contributed by atoms with Crippen molar-refractivity contribution >= 4 is 29.1 Å².